The number of rotatable bonds is 6. The number of ketones is 1. The molecule has 7 heteroatoms. The molecule has 2 unspecified atom stereocenters. The van der Waals surface area contributed by atoms with E-state index in [2.05, 4.69) is 9.97 Å². The van der Waals surface area contributed by atoms with E-state index < -0.39 is 23.7 Å². The minimum atomic E-state index is -0.608. The summed E-state index contributed by atoms with van der Waals surface area (Å²) in [6.45, 7) is 1.18. The van der Waals surface area contributed by atoms with Crippen molar-refractivity contribution >= 4 is 11.7 Å². The number of Topliss-reactive ketones (excluding diaryl/α,β-unsaturated/α-hetero) is 1. The van der Waals surface area contributed by atoms with Crippen LogP contribution in [0.1, 0.15) is 29.5 Å². The van der Waals surface area contributed by atoms with E-state index in [9.17, 15) is 14.7 Å². The van der Waals surface area contributed by atoms with Gasteiger partial charge in [-0.3, -0.25) is 14.6 Å². The van der Waals surface area contributed by atoms with E-state index in [0.29, 0.717) is 19.5 Å². The second kappa shape index (κ2) is 7.64. The van der Waals surface area contributed by atoms with Gasteiger partial charge >= 0.3 is 0 Å². The second-order valence-electron chi connectivity index (χ2n) is 6.81. The Kier molecular flexibility index (Phi) is 4.89. The van der Waals surface area contributed by atoms with Gasteiger partial charge in [0.15, 0.2) is 0 Å². The van der Waals surface area contributed by atoms with Crippen molar-refractivity contribution in [3.05, 3.63) is 78.6 Å². The van der Waals surface area contributed by atoms with Gasteiger partial charge in [-0.05, 0) is 41.8 Å². The summed E-state index contributed by atoms with van der Waals surface area (Å²) in [5.41, 5.74) is 1.59. The van der Waals surface area contributed by atoms with Crippen molar-refractivity contribution in [3.8, 4) is 5.75 Å². The fourth-order valence-electron chi connectivity index (χ4n) is 3.76. The molecule has 28 heavy (non-hydrogen) atoms. The van der Waals surface area contributed by atoms with Crippen LogP contribution in [0.4, 0.5) is 0 Å². The summed E-state index contributed by atoms with van der Waals surface area (Å²) in [5, 5.41) is 9.58. The number of phenolic OH excluding ortho intramolecular Hbond substituents is 1. The Morgan fingerprint density at radius 3 is 2.32 bits per heavy atom. The third-order valence-electron chi connectivity index (χ3n) is 5.08. The molecule has 1 aliphatic heterocycles. The number of aromatic nitrogens is 3. The molecule has 1 aliphatic rings. The van der Waals surface area contributed by atoms with Crippen LogP contribution in [-0.2, 0) is 16.1 Å². The standard InChI is InChI=1S/C21H20N4O3/c26-17-4-2-15(3-5-17)18-19(16-6-8-22-9-7-16)25(21(28)20(18)27)12-1-11-24-13-10-23-14-24/h2-10,13-14,18-19,26H,1,11-12H2. The SMILES string of the molecule is O=C1C(=O)N(CCCn2ccnc2)C(c2ccncc2)C1c1ccc(O)cc1. The van der Waals surface area contributed by atoms with Gasteiger partial charge in [-0.15, -0.1) is 0 Å². The number of aryl methyl sites for hydroxylation is 1. The van der Waals surface area contributed by atoms with Crippen molar-refractivity contribution < 1.29 is 14.7 Å². The summed E-state index contributed by atoms with van der Waals surface area (Å²) >= 11 is 0. The Bertz CT molecular complexity index is 955. The summed E-state index contributed by atoms with van der Waals surface area (Å²) in [6.07, 6.45) is 9.36. The molecule has 2 atom stereocenters. The van der Waals surface area contributed by atoms with Gasteiger partial charge in [-0.2, -0.15) is 0 Å². The maximum Gasteiger partial charge on any atom is 0.291 e. The molecule has 142 valence electrons. The van der Waals surface area contributed by atoms with Crippen LogP contribution in [0.2, 0.25) is 0 Å². The molecule has 0 aliphatic carbocycles. The zero-order valence-corrected chi connectivity index (χ0v) is 15.2. The molecule has 7 nitrogen and oxygen atoms in total. The predicted molar refractivity (Wildman–Crippen MR) is 101 cm³/mol. The summed E-state index contributed by atoms with van der Waals surface area (Å²) in [7, 11) is 0. The molecular formula is C21H20N4O3. The Labute approximate surface area is 162 Å². The predicted octanol–water partition coefficient (Wildman–Crippen LogP) is 2.31. The van der Waals surface area contributed by atoms with Crippen LogP contribution in [0.5, 0.6) is 5.75 Å². The molecule has 3 heterocycles. The molecule has 1 fully saturated rings. The second-order valence-corrected chi connectivity index (χ2v) is 6.81. The molecule has 1 saturated heterocycles. The van der Waals surface area contributed by atoms with E-state index >= 15 is 0 Å². The molecule has 0 spiro atoms. The molecule has 0 radical (unpaired) electrons. The highest BCUT2D eigenvalue weighted by Crippen LogP contribution is 2.42. The van der Waals surface area contributed by atoms with E-state index in [1.165, 1.54) is 0 Å². The smallest absolute Gasteiger partial charge is 0.291 e. The zero-order chi connectivity index (χ0) is 19.5. The average Bonchev–Trinajstić information content (AvgIpc) is 3.32. The van der Waals surface area contributed by atoms with Crippen LogP contribution in [0.3, 0.4) is 0 Å². The minimum absolute atomic E-state index is 0.123. The van der Waals surface area contributed by atoms with Gasteiger partial charge < -0.3 is 14.6 Å². The number of likely N-dealkylation sites (tertiary alicyclic amines) is 1. The van der Waals surface area contributed by atoms with Gasteiger partial charge in [-0.1, -0.05) is 12.1 Å². The van der Waals surface area contributed by atoms with Crippen LogP contribution in [0.15, 0.2) is 67.5 Å². The molecule has 1 N–H and O–H groups in total. The van der Waals surface area contributed by atoms with E-state index in [4.69, 9.17) is 0 Å². The first-order valence-electron chi connectivity index (χ1n) is 9.14. The Morgan fingerprint density at radius 2 is 1.64 bits per heavy atom. The maximum absolute atomic E-state index is 12.9. The van der Waals surface area contributed by atoms with Crippen LogP contribution >= 0.6 is 0 Å². The number of phenols is 1. The van der Waals surface area contributed by atoms with E-state index in [0.717, 1.165) is 11.1 Å². The van der Waals surface area contributed by atoms with Gasteiger partial charge in [0.1, 0.15) is 5.75 Å². The highest BCUT2D eigenvalue weighted by atomic mass is 16.3. The summed E-state index contributed by atoms with van der Waals surface area (Å²) in [6, 6.07) is 9.77. The number of hydrogen-bond acceptors (Lipinski definition) is 5. The number of carbonyl (C=O) groups excluding carboxylic acids is 2. The lowest BCUT2D eigenvalue weighted by Gasteiger charge is -2.28. The number of imidazole rings is 1. The molecule has 1 aromatic carbocycles. The fraction of sp³-hybridized carbons (Fsp3) is 0.238. The van der Waals surface area contributed by atoms with E-state index in [1.54, 1.807) is 54.1 Å². The number of aromatic hydroxyl groups is 1. The van der Waals surface area contributed by atoms with E-state index in [1.807, 2.05) is 22.9 Å². The first-order chi connectivity index (χ1) is 13.6. The summed E-state index contributed by atoms with van der Waals surface area (Å²) < 4.78 is 1.95. The van der Waals surface area contributed by atoms with Crippen LogP contribution in [0, 0.1) is 0 Å². The fourth-order valence-corrected chi connectivity index (χ4v) is 3.76. The number of carbonyl (C=O) groups is 2. The number of amides is 1. The van der Waals surface area contributed by atoms with Crippen molar-refractivity contribution in [1.82, 2.24) is 19.4 Å². The first kappa shape index (κ1) is 17.9. The van der Waals surface area contributed by atoms with Crippen molar-refractivity contribution in [2.24, 2.45) is 0 Å². The molecule has 0 bridgehead atoms. The number of hydrogen-bond donors (Lipinski definition) is 1. The van der Waals surface area contributed by atoms with Gasteiger partial charge in [0.2, 0.25) is 5.78 Å². The number of pyridine rings is 1. The van der Waals surface area contributed by atoms with Crippen molar-refractivity contribution in [1.29, 1.82) is 0 Å². The Balaban J connectivity index is 1.64. The van der Waals surface area contributed by atoms with Crippen LogP contribution in [0.25, 0.3) is 0 Å². The van der Waals surface area contributed by atoms with Crippen LogP contribution < -0.4 is 0 Å². The van der Waals surface area contributed by atoms with Crippen molar-refractivity contribution in [3.63, 3.8) is 0 Å². The topological polar surface area (TPSA) is 88.3 Å². The largest absolute Gasteiger partial charge is 0.508 e. The highest BCUT2D eigenvalue weighted by molar-refractivity contribution is 6.40. The third kappa shape index (κ3) is 3.38. The first-order valence-corrected chi connectivity index (χ1v) is 9.14. The lowest BCUT2D eigenvalue weighted by Crippen LogP contribution is -2.31. The Hall–Kier alpha value is -3.48. The Morgan fingerprint density at radius 1 is 0.893 bits per heavy atom. The number of benzene rings is 1. The summed E-state index contributed by atoms with van der Waals surface area (Å²) in [4.78, 5) is 35.5. The monoisotopic (exact) mass is 376 g/mol. The molecule has 3 aromatic rings. The van der Waals surface area contributed by atoms with Gasteiger partial charge in [0.25, 0.3) is 5.91 Å². The zero-order valence-electron chi connectivity index (χ0n) is 15.2. The average molecular weight is 376 g/mol. The highest BCUT2D eigenvalue weighted by Gasteiger charge is 2.48. The molecule has 4 rings (SSSR count). The van der Waals surface area contributed by atoms with E-state index in [-0.39, 0.29) is 5.75 Å². The molecule has 2 aromatic heterocycles. The minimum Gasteiger partial charge on any atom is -0.508 e. The van der Waals surface area contributed by atoms with Crippen molar-refractivity contribution in [2.75, 3.05) is 6.54 Å². The van der Waals surface area contributed by atoms with Gasteiger partial charge in [-0.25, -0.2) is 4.98 Å². The van der Waals surface area contributed by atoms with Gasteiger partial charge in [0.05, 0.1) is 18.3 Å². The van der Waals surface area contributed by atoms with Crippen molar-refractivity contribution in [2.45, 2.75) is 24.9 Å². The lowest BCUT2D eigenvalue weighted by atomic mass is 9.87. The maximum atomic E-state index is 12.9. The quantitative estimate of drug-likeness (QED) is 0.667. The van der Waals surface area contributed by atoms with Crippen LogP contribution in [-0.4, -0.2) is 42.8 Å². The third-order valence-corrected chi connectivity index (χ3v) is 5.08. The normalized spacial score (nSPS) is 19.4. The number of nitrogens with zero attached hydrogens (tertiary/aromatic N) is 4. The molecule has 0 saturated carbocycles. The summed E-state index contributed by atoms with van der Waals surface area (Å²) in [5.74, 6) is -1.37. The lowest BCUT2D eigenvalue weighted by molar-refractivity contribution is -0.140. The molecular weight excluding hydrogens is 356 g/mol. The molecule has 1 amide bonds. The van der Waals surface area contributed by atoms with Gasteiger partial charge in [0, 0.05) is 37.9 Å².